The van der Waals surface area contributed by atoms with Gasteiger partial charge in [0, 0.05) is 23.7 Å². The van der Waals surface area contributed by atoms with Gasteiger partial charge in [-0.1, -0.05) is 116 Å². The lowest BCUT2D eigenvalue weighted by Gasteiger charge is -2.60. The number of ether oxygens (including phenoxy) is 2. The van der Waals surface area contributed by atoms with Crippen molar-refractivity contribution in [2.45, 2.75) is 157 Å². The van der Waals surface area contributed by atoms with E-state index in [9.17, 15) is 43.4 Å². The molecule has 14 atom stereocenters. The van der Waals surface area contributed by atoms with Crippen molar-refractivity contribution in [3.05, 3.63) is 143 Å². The van der Waals surface area contributed by atoms with E-state index in [-0.39, 0.29) is 93.0 Å². The van der Waals surface area contributed by atoms with Crippen molar-refractivity contribution in [2.75, 3.05) is 11.5 Å². The van der Waals surface area contributed by atoms with Crippen molar-refractivity contribution in [3.8, 4) is 0 Å². The van der Waals surface area contributed by atoms with E-state index in [0.29, 0.717) is 50.5 Å². The van der Waals surface area contributed by atoms with Crippen molar-refractivity contribution < 1.29 is 52.8 Å². The normalized spacial score (nSPS) is 34.5. The number of aliphatic hydroxyl groups is 2. The summed E-state index contributed by atoms with van der Waals surface area (Å²) in [5.41, 5.74) is 0.403. The van der Waals surface area contributed by atoms with E-state index in [0.717, 1.165) is 78.8 Å². The van der Waals surface area contributed by atoms with Gasteiger partial charge in [0.2, 0.25) is 0 Å². The molecule has 6 aromatic rings. The first-order chi connectivity index (χ1) is 42.1. The second kappa shape index (κ2) is 23.2. The Labute approximate surface area is 529 Å². The molecule has 460 valence electrons. The third kappa shape index (κ3) is 10.1. The van der Waals surface area contributed by atoms with E-state index in [4.69, 9.17) is 14.5 Å². The standard InChI is InChI=1S/C36H39NO5S2.C35H36FNO5S2/c1-21-8-10-22(11-9-21)32(41)42-36(30(40)20-43-33-37-27-6-4-5-7-29(27)44-33)17-15-26-25-13-12-23-18-24(38)14-16-34(23,2)31(25)28(39)19-35(26,36)3;1-33-15-13-21(38)17-20(33)11-12-22-24-14-16-35(34(24,2)18-27(39)30(22)33,42-31(41)23-7-3-4-8-25(23)36)29(40)19-43-32-37-26-9-5-6-10-28(26)44-32/h4-11,18,25-26,28,31,39H,12-17,19-20H2,1-3H3;3-10,17,22,24,27,30,39H,11-16,18-19H2,1-2H3/t25?,26?,28-,31?,34?,35?,36-;22?,24?,27-,30?,33?,34?,35-/m00/s1. The smallest absolute Gasteiger partial charge is 0.342 e. The summed E-state index contributed by atoms with van der Waals surface area (Å²) in [5.74, 6) is -1.44. The van der Waals surface area contributed by atoms with Crippen LogP contribution in [-0.4, -0.2) is 90.2 Å². The summed E-state index contributed by atoms with van der Waals surface area (Å²) in [6, 6.07) is 28.7. The van der Waals surface area contributed by atoms with Gasteiger partial charge in [0.15, 0.2) is 43.0 Å². The number of aryl methyl sites for hydroxylation is 1. The maximum atomic E-state index is 14.8. The number of rotatable bonds is 12. The van der Waals surface area contributed by atoms with Crippen molar-refractivity contribution in [1.29, 1.82) is 0 Å². The number of hydrogen-bond donors (Lipinski definition) is 2. The Bertz CT molecular complexity index is 3810. The van der Waals surface area contributed by atoms with Crippen molar-refractivity contribution in [2.24, 2.45) is 57.2 Å². The van der Waals surface area contributed by atoms with E-state index in [1.54, 1.807) is 35.6 Å². The van der Waals surface area contributed by atoms with Crippen LogP contribution in [0.4, 0.5) is 4.39 Å². The molecule has 0 aliphatic heterocycles. The summed E-state index contributed by atoms with van der Waals surface area (Å²) < 4.78 is 31.2. The third-order valence-corrected chi connectivity index (χ3v) is 27.4. The van der Waals surface area contributed by atoms with Gasteiger partial charge in [0.25, 0.3) is 0 Å². The van der Waals surface area contributed by atoms with Gasteiger partial charge in [-0.05, 0) is 191 Å². The highest BCUT2D eigenvalue weighted by molar-refractivity contribution is 8.02. The number of hydrogen-bond acceptors (Lipinski definition) is 16. The second-order valence-corrected chi connectivity index (χ2v) is 31.8. The van der Waals surface area contributed by atoms with Crippen LogP contribution in [0.5, 0.6) is 0 Å². The van der Waals surface area contributed by atoms with Crippen LogP contribution in [0.3, 0.4) is 0 Å². The molecule has 0 bridgehead atoms. The Morgan fingerprint density at radius 2 is 1.02 bits per heavy atom. The number of Topliss-reactive ketones (excluding diaryl/α,β-unsaturated/α-hetero) is 2. The van der Waals surface area contributed by atoms with E-state index in [2.05, 4.69) is 25.8 Å². The molecule has 6 saturated carbocycles. The predicted molar refractivity (Wildman–Crippen MR) is 341 cm³/mol. The van der Waals surface area contributed by atoms with Gasteiger partial charge < -0.3 is 19.7 Å². The number of thiazole rings is 2. The molecule has 10 unspecified atom stereocenters. The van der Waals surface area contributed by atoms with Gasteiger partial charge in [0.05, 0.1) is 55.3 Å². The molecule has 2 heterocycles. The molecule has 0 amide bonds. The molecule has 8 aliphatic carbocycles. The first kappa shape index (κ1) is 61.2. The highest BCUT2D eigenvalue weighted by atomic mass is 32.2. The number of aromatic nitrogens is 2. The van der Waals surface area contributed by atoms with Crippen molar-refractivity contribution in [1.82, 2.24) is 9.97 Å². The quantitative estimate of drug-likeness (QED) is 0.0870. The van der Waals surface area contributed by atoms with E-state index >= 15 is 0 Å². The Balaban J connectivity index is 0.000000162. The first-order valence-electron chi connectivity index (χ1n) is 31.2. The van der Waals surface area contributed by atoms with Crippen LogP contribution in [-0.2, 0) is 28.7 Å². The van der Waals surface area contributed by atoms with E-state index < -0.39 is 52.0 Å². The maximum absolute atomic E-state index is 14.8. The van der Waals surface area contributed by atoms with Crippen LogP contribution in [0.15, 0.2) is 129 Å². The fraction of sp³-hybridized carbons (Fsp3) is 0.493. The SMILES string of the molecule is CC12CCC(=O)C=C1CCC1C2[C@@H](O)CC2(C)C1CC[C@]2(OC(=O)c1ccccc1F)C(=O)CSc1nc2ccccc2s1.Cc1ccc(C(=O)O[C@]2(C(=O)CSc3nc4ccccc4s3)CCC3C4CCC5=CC(=O)CCC5(C)C4[C@@H](O)CC32C)cc1. The molecular weight excluding hydrogens is 1190 g/mol. The summed E-state index contributed by atoms with van der Waals surface area (Å²) in [6.07, 6.45) is 10.9. The predicted octanol–water partition coefficient (Wildman–Crippen LogP) is 14.6. The molecule has 88 heavy (non-hydrogen) atoms. The van der Waals surface area contributed by atoms with Crippen LogP contribution in [0.1, 0.15) is 144 Å². The van der Waals surface area contributed by atoms with Crippen LogP contribution in [0.2, 0.25) is 0 Å². The van der Waals surface area contributed by atoms with Crippen LogP contribution in [0.25, 0.3) is 20.4 Å². The number of fused-ring (bicyclic) bond motifs is 12. The molecule has 2 aromatic heterocycles. The number of para-hydroxylation sites is 2. The number of thioether (sulfide) groups is 2. The maximum Gasteiger partial charge on any atom is 0.342 e. The molecule has 14 rings (SSSR count). The summed E-state index contributed by atoms with van der Waals surface area (Å²) >= 11 is 5.81. The largest absolute Gasteiger partial charge is 0.447 e. The van der Waals surface area contributed by atoms with Crippen LogP contribution in [0, 0.1) is 69.9 Å². The molecular formula is C71H75FN2O10S4. The van der Waals surface area contributed by atoms with Gasteiger partial charge in [-0.3, -0.25) is 19.2 Å². The minimum atomic E-state index is -1.52. The number of nitrogens with zero attached hydrogens (tertiary/aromatic N) is 2. The number of aliphatic hydroxyl groups excluding tert-OH is 2. The molecule has 0 saturated heterocycles. The van der Waals surface area contributed by atoms with Crippen LogP contribution >= 0.6 is 46.2 Å². The Hall–Kier alpha value is -5.69. The fourth-order valence-corrected chi connectivity index (χ4v) is 22.8. The average molecular weight is 1260 g/mol. The Morgan fingerprint density at radius 1 is 0.580 bits per heavy atom. The number of carbonyl (C=O) groups is 6. The molecule has 0 spiro atoms. The summed E-state index contributed by atoms with van der Waals surface area (Å²) in [6.45, 7) is 10.5. The monoisotopic (exact) mass is 1260 g/mol. The van der Waals surface area contributed by atoms with Gasteiger partial charge in [-0.2, -0.15) is 0 Å². The number of benzene rings is 4. The van der Waals surface area contributed by atoms with Crippen molar-refractivity contribution in [3.63, 3.8) is 0 Å². The van der Waals surface area contributed by atoms with E-state index in [1.807, 2.05) is 80.6 Å². The number of ketones is 4. The topological polar surface area (TPSA) is 187 Å². The van der Waals surface area contributed by atoms with Crippen molar-refractivity contribution >= 4 is 102 Å². The third-order valence-electron chi connectivity index (χ3n) is 23.1. The lowest BCUT2D eigenvalue weighted by molar-refractivity contribution is -0.180. The average Bonchev–Trinajstić information content (AvgIpc) is 1.88. The number of halogens is 1. The minimum absolute atomic E-state index is 0.0181. The molecule has 8 aliphatic rings. The van der Waals surface area contributed by atoms with Crippen LogP contribution < -0.4 is 0 Å². The zero-order valence-electron chi connectivity index (χ0n) is 50.4. The summed E-state index contributed by atoms with van der Waals surface area (Å²) in [5, 5.41) is 23.9. The van der Waals surface area contributed by atoms with Gasteiger partial charge in [-0.25, -0.2) is 23.9 Å². The molecule has 12 nitrogen and oxygen atoms in total. The minimum Gasteiger partial charge on any atom is -0.447 e. The number of esters is 2. The zero-order chi connectivity index (χ0) is 61.7. The number of carbonyl (C=O) groups excluding carboxylic acids is 6. The van der Waals surface area contributed by atoms with E-state index in [1.165, 1.54) is 58.6 Å². The number of allylic oxidation sites excluding steroid dienone is 2. The molecule has 2 N–H and O–H groups in total. The second-order valence-electron chi connectivity index (χ2n) is 27.3. The zero-order valence-corrected chi connectivity index (χ0v) is 53.7. The first-order valence-corrected chi connectivity index (χ1v) is 34.9. The Kier molecular flexibility index (Phi) is 16.1. The summed E-state index contributed by atoms with van der Waals surface area (Å²) in [4.78, 5) is 90.5. The lowest BCUT2D eigenvalue weighted by Crippen LogP contribution is -2.63. The highest BCUT2D eigenvalue weighted by Crippen LogP contribution is 2.71. The fourth-order valence-electron chi connectivity index (χ4n) is 18.8. The molecule has 17 heteroatoms. The summed E-state index contributed by atoms with van der Waals surface area (Å²) in [7, 11) is 0. The molecule has 4 aromatic carbocycles. The highest BCUT2D eigenvalue weighted by Gasteiger charge is 2.72. The van der Waals surface area contributed by atoms with Gasteiger partial charge in [-0.15, -0.1) is 22.7 Å². The van der Waals surface area contributed by atoms with Gasteiger partial charge in [0.1, 0.15) is 5.82 Å². The molecule has 6 fully saturated rings. The molecule has 0 radical (unpaired) electrons. The Morgan fingerprint density at radius 3 is 1.49 bits per heavy atom. The van der Waals surface area contributed by atoms with Gasteiger partial charge >= 0.3 is 11.9 Å². The lowest BCUT2D eigenvalue weighted by atomic mass is 9.45.